The van der Waals surface area contributed by atoms with Gasteiger partial charge in [0.15, 0.2) is 5.82 Å². The van der Waals surface area contributed by atoms with Crippen LogP contribution in [0.5, 0.6) is 0 Å². The van der Waals surface area contributed by atoms with Crippen molar-refractivity contribution in [1.29, 1.82) is 0 Å². The second-order valence-electron chi connectivity index (χ2n) is 6.29. The van der Waals surface area contributed by atoms with Crippen LogP contribution in [0.3, 0.4) is 0 Å². The first-order valence-electron chi connectivity index (χ1n) is 7.09. The van der Waals surface area contributed by atoms with E-state index in [2.05, 4.69) is 33.0 Å². The highest BCUT2D eigenvalue weighted by Crippen LogP contribution is 2.34. The summed E-state index contributed by atoms with van der Waals surface area (Å²) in [6.07, 6.45) is 2.06. The van der Waals surface area contributed by atoms with Crippen molar-refractivity contribution in [2.75, 3.05) is 7.11 Å². The van der Waals surface area contributed by atoms with Gasteiger partial charge in [0.05, 0.1) is 5.69 Å². The molecule has 1 aromatic rings. The lowest BCUT2D eigenvalue weighted by molar-refractivity contribution is 0.00835. The molecule has 0 aromatic carbocycles. The van der Waals surface area contributed by atoms with Crippen LogP contribution in [-0.4, -0.2) is 17.1 Å². The minimum atomic E-state index is -0.0611. The first-order chi connectivity index (χ1) is 8.97. The molecule has 1 aromatic heterocycles. The molecule has 4 nitrogen and oxygen atoms in total. The Bertz CT molecular complexity index is 451. The fourth-order valence-corrected chi connectivity index (χ4v) is 2.67. The summed E-state index contributed by atoms with van der Waals surface area (Å²) < 4.78 is 5.65. The standard InChI is InChI=1S/C15H25N3O/c1-6-7-11-10-8-16-9-12(10)18-14(17-11)13(19-5)15(2,3)4/h13,16H,6-9H2,1-5H3. The Labute approximate surface area is 116 Å². The number of fused-ring (bicyclic) bond motifs is 1. The van der Waals surface area contributed by atoms with Gasteiger partial charge in [-0.1, -0.05) is 34.1 Å². The van der Waals surface area contributed by atoms with Crippen LogP contribution < -0.4 is 5.32 Å². The van der Waals surface area contributed by atoms with E-state index in [1.54, 1.807) is 7.11 Å². The molecule has 106 valence electrons. The van der Waals surface area contributed by atoms with E-state index in [-0.39, 0.29) is 11.5 Å². The van der Waals surface area contributed by atoms with Gasteiger partial charge < -0.3 is 10.1 Å². The lowest BCUT2D eigenvalue weighted by Gasteiger charge is -2.28. The highest BCUT2D eigenvalue weighted by Gasteiger charge is 2.30. The van der Waals surface area contributed by atoms with Gasteiger partial charge in [0.1, 0.15) is 6.10 Å². The van der Waals surface area contributed by atoms with Crippen LogP contribution in [0.15, 0.2) is 0 Å². The minimum absolute atomic E-state index is 0.00148. The minimum Gasteiger partial charge on any atom is -0.373 e. The second-order valence-corrected chi connectivity index (χ2v) is 6.29. The maximum Gasteiger partial charge on any atom is 0.158 e. The van der Waals surface area contributed by atoms with Gasteiger partial charge in [-0.25, -0.2) is 9.97 Å². The van der Waals surface area contributed by atoms with E-state index in [1.807, 2.05) is 0 Å². The number of aromatic nitrogens is 2. The predicted octanol–water partition coefficient (Wildman–Crippen LogP) is 2.77. The third-order valence-electron chi connectivity index (χ3n) is 3.53. The van der Waals surface area contributed by atoms with Crippen molar-refractivity contribution in [3.8, 4) is 0 Å². The van der Waals surface area contributed by atoms with Gasteiger partial charge in [0.25, 0.3) is 0 Å². The monoisotopic (exact) mass is 263 g/mol. The van der Waals surface area contributed by atoms with Gasteiger partial charge in [-0.3, -0.25) is 0 Å². The second kappa shape index (κ2) is 5.55. The van der Waals surface area contributed by atoms with Crippen LogP contribution in [0.2, 0.25) is 0 Å². The molecule has 0 aliphatic carbocycles. The molecule has 0 amide bonds. The van der Waals surface area contributed by atoms with Crippen molar-refractivity contribution >= 4 is 0 Å². The number of aryl methyl sites for hydroxylation is 1. The van der Waals surface area contributed by atoms with Crippen molar-refractivity contribution in [1.82, 2.24) is 15.3 Å². The summed E-state index contributed by atoms with van der Waals surface area (Å²) in [5.41, 5.74) is 3.64. The molecule has 0 spiro atoms. The van der Waals surface area contributed by atoms with E-state index < -0.39 is 0 Å². The molecule has 0 fully saturated rings. The SMILES string of the molecule is CCCc1nc(C(OC)C(C)(C)C)nc2c1CNC2. The Balaban J connectivity index is 2.44. The Morgan fingerprint density at radius 2 is 2.00 bits per heavy atom. The van der Waals surface area contributed by atoms with E-state index in [0.29, 0.717) is 0 Å². The zero-order chi connectivity index (χ0) is 14.0. The van der Waals surface area contributed by atoms with E-state index in [1.165, 1.54) is 11.3 Å². The number of rotatable bonds is 4. The summed E-state index contributed by atoms with van der Waals surface area (Å²) in [4.78, 5) is 9.53. The summed E-state index contributed by atoms with van der Waals surface area (Å²) in [5, 5.41) is 3.37. The molecule has 0 radical (unpaired) electrons. The molecule has 0 saturated heterocycles. The average Bonchev–Trinajstić information content (AvgIpc) is 2.76. The number of hydrogen-bond acceptors (Lipinski definition) is 4. The topological polar surface area (TPSA) is 47.0 Å². The smallest absolute Gasteiger partial charge is 0.158 e. The molecule has 1 aliphatic heterocycles. The number of ether oxygens (including phenoxy) is 1. The third-order valence-corrected chi connectivity index (χ3v) is 3.53. The summed E-state index contributed by atoms with van der Waals surface area (Å²) in [6.45, 7) is 10.4. The molecule has 1 aliphatic rings. The quantitative estimate of drug-likeness (QED) is 0.907. The van der Waals surface area contributed by atoms with Gasteiger partial charge >= 0.3 is 0 Å². The van der Waals surface area contributed by atoms with Crippen LogP contribution in [0.1, 0.15) is 63.0 Å². The number of nitrogens with one attached hydrogen (secondary N) is 1. The van der Waals surface area contributed by atoms with Crippen LogP contribution in [0.25, 0.3) is 0 Å². The molecule has 2 rings (SSSR count). The summed E-state index contributed by atoms with van der Waals surface area (Å²) in [5.74, 6) is 0.834. The maximum atomic E-state index is 5.65. The van der Waals surface area contributed by atoms with Crippen LogP contribution in [0.4, 0.5) is 0 Å². The number of hydrogen-bond donors (Lipinski definition) is 1. The zero-order valence-electron chi connectivity index (χ0n) is 12.7. The third kappa shape index (κ3) is 2.95. The number of methoxy groups -OCH3 is 1. The maximum absolute atomic E-state index is 5.65. The Morgan fingerprint density at radius 3 is 2.58 bits per heavy atom. The Hall–Kier alpha value is -1.00. The van der Waals surface area contributed by atoms with Gasteiger partial charge in [0.2, 0.25) is 0 Å². The van der Waals surface area contributed by atoms with E-state index >= 15 is 0 Å². The average molecular weight is 263 g/mol. The highest BCUT2D eigenvalue weighted by molar-refractivity contribution is 5.30. The van der Waals surface area contributed by atoms with Crippen molar-refractivity contribution in [2.24, 2.45) is 5.41 Å². The fourth-order valence-electron chi connectivity index (χ4n) is 2.67. The Morgan fingerprint density at radius 1 is 1.26 bits per heavy atom. The molecule has 1 atom stereocenters. The summed E-state index contributed by atoms with van der Waals surface area (Å²) in [7, 11) is 1.74. The fraction of sp³-hybridized carbons (Fsp3) is 0.733. The number of nitrogens with zero attached hydrogens (tertiary/aromatic N) is 2. The largest absolute Gasteiger partial charge is 0.373 e. The van der Waals surface area contributed by atoms with Crippen molar-refractivity contribution in [3.05, 3.63) is 22.8 Å². The van der Waals surface area contributed by atoms with E-state index in [0.717, 1.165) is 37.4 Å². The zero-order valence-corrected chi connectivity index (χ0v) is 12.7. The summed E-state index contributed by atoms with van der Waals surface area (Å²) in [6, 6.07) is 0. The molecule has 19 heavy (non-hydrogen) atoms. The normalized spacial score (nSPS) is 16.5. The van der Waals surface area contributed by atoms with Gasteiger partial charge in [-0.15, -0.1) is 0 Å². The predicted molar refractivity (Wildman–Crippen MR) is 75.8 cm³/mol. The molecular formula is C15H25N3O. The van der Waals surface area contributed by atoms with Crippen LogP contribution in [-0.2, 0) is 24.2 Å². The first kappa shape index (κ1) is 14.4. The van der Waals surface area contributed by atoms with Crippen molar-refractivity contribution < 1.29 is 4.74 Å². The van der Waals surface area contributed by atoms with Crippen molar-refractivity contribution in [3.63, 3.8) is 0 Å². The molecule has 1 unspecified atom stereocenters. The first-order valence-corrected chi connectivity index (χ1v) is 7.09. The lowest BCUT2D eigenvalue weighted by atomic mass is 9.88. The molecule has 4 heteroatoms. The highest BCUT2D eigenvalue weighted by atomic mass is 16.5. The van der Waals surface area contributed by atoms with E-state index in [9.17, 15) is 0 Å². The molecule has 0 saturated carbocycles. The molecule has 0 bridgehead atoms. The van der Waals surface area contributed by atoms with E-state index in [4.69, 9.17) is 14.7 Å². The molecular weight excluding hydrogens is 238 g/mol. The Kier molecular flexibility index (Phi) is 4.21. The summed E-state index contributed by atoms with van der Waals surface area (Å²) >= 11 is 0. The van der Waals surface area contributed by atoms with Gasteiger partial charge in [-0.2, -0.15) is 0 Å². The van der Waals surface area contributed by atoms with Gasteiger partial charge in [0, 0.05) is 31.5 Å². The van der Waals surface area contributed by atoms with Crippen LogP contribution >= 0.6 is 0 Å². The lowest BCUT2D eigenvalue weighted by Crippen LogP contribution is -2.23. The molecule has 1 N–H and O–H groups in total. The van der Waals surface area contributed by atoms with Crippen LogP contribution in [0, 0.1) is 5.41 Å². The van der Waals surface area contributed by atoms with Crippen molar-refractivity contribution in [2.45, 2.75) is 59.7 Å². The van der Waals surface area contributed by atoms with Gasteiger partial charge in [-0.05, 0) is 11.8 Å². The molecule has 2 heterocycles.